The summed E-state index contributed by atoms with van der Waals surface area (Å²) in [4.78, 5) is 2.34. The molecular formula is C16H17ClN2OS. The number of anilines is 1. The molecule has 0 aliphatic carbocycles. The number of benzene rings is 2. The largest absolute Gasteiger partial charge is 0.395 e. The van der Waals surface area contributed by atoms with Crippen LogP contribution in [0, 0.1) is 0 Å². The van der Waals surface area contributed by atoms with Crippen molar-refractivity contribution in [3.63, 3.8) is 0 Å². The predicted molar refractivity (Wildman–Crippen MR) is 91.9 cm³/mol. The van der Waals surface area contributed by atoms with E-state index in [1.807, 2.05) is 47.4 Å². The highest BCUT2D eigenvalue weighted by atomic mass is 35.5. The molecule has 110 valence electrons. The second kappa shape index (κ2) is 7.41. The number of hydrogen-bond acceptors (Lipinski definition) is 3. The Morgan fingerprint density at radius 2 is 1.90 bits per heavy atom. The highest BCUT2D eigenvalue weighted by molar-refractivity contribution is 7.80. The number of nitrogens with two attached hydrogens (primary N) is 1. The molecule has 0 atom stereocenters. The Balaban J connectivity index is 2.37. The Bertz CT molecular complexity index is 619. The van der Waals surface area contributed by atoms with Crippen LogP contribution < -0.4 is 10.6 Å². The van der Waals surface area contributed by atoms with Crippen molar-refractivity contribution < 1.29 is 5.11 Å². The fraction of sp³-hybridized carbons (Fsp3) is 0.188. The van der Waals surface area contributed by atoms with Gasteiger partial charge < -0.3 is 15.7 Å². The van der Waals surface area contributed by atoms with Crippen LogP contribution in [0.25, 0.3) is 0 Å². The van der Waals surface area contributed by atoms with Gasteiger partial charge in [-0.3, -0.25) is 0 Å². The van der Waals surface area contributed by atoms with Gasteiger partial charge in [-0.15, -0.1) is 0 Å². The molecule has 2 rings (SSSR count). The fourth-order valence-electron chi connectivity index (χ4n) is 2.18. The van der Waals surface area contributed by atoms with Gasteiger partial charge in [0, 0.05) is 29.4 Å². The minimum atomic E-state index is 0.0378. The summed E-state index contributed by atoms with van der Waals surface area (Å²) in [6.07, 6.45) is 0. The Morgan fingerprint density at radius 1 is 1.19 bits per heavy atom. The first-order chi connectivity index (χ1) is 10.1. The molecule has 0 heterocycles. The summed E-state index contributed by atoms with van der Waals surface area (Å²) in [7, 11) is 0. The monoisotopic (exact) mass is 320 g/mol. The molecule has 0 radical (unpaired) electrons. The molecule has 0 amide bonds. The van der Waals surface area contributed by atoms with Crippen molar-refractivity contribution >= 4 is 34.5 Å². The smallest absolute Gasteiger partial charge is 0.106 e. The maximum atomic E-state index is 9.34. The summed E-state index contributed by atoms with van der Waals surface area (Å²) in [5.74, 6) is 0. The standard InChI is InChI=1S/C16H17ClN2OS/c17-13-6-7-14(16(18)21)15(10-13)19(8-9-20)11-12-4-2-1-3-5-12/h1-7,10,20H,8-9,11H2,(H2,18,21). The second-order valence-electron chi connectivity index (χ2n) is 4.66. The van der Waals surface area contributed by atoms with Gasteiger partial charge in [-0.1, -0.05) is 54.2 Å². The van der Waals surface area contributed by atoms with Gasteiger partial charge in [0.05, 0.1) is 6.61 Å². The number of aliphatic hydroxyl groups excluding tert-OH is 1. The number of rotatable bonds is 6. The molecule has 0 aromatic heterocycles. The lowest BCUT2D eigenvalue weighted by Crippen LogP contribution is -2.28. The zero-order chi connectivity index (χ0) is 15.2. The molecule has 0 spiro atoms. The number of halogens is 1. The minimum Gasteiger partial charge on any atom is -0.395 e. The van der Waals surface area contributed by atoms with Gasteiger partial charge in [-0.05, 0) is 23.8 Å². The van der Waals surface area contributed by atoms with E-state index in [0.717, 1.165) is 16.8 Å². The summed E-state index contributed by atoms with van der Waals surface area (Å²) < 4.78 is 0. The molecule has 0 saturated carbocycles. The average Bonchev–Trinajstić information content (AvgIpc) is 2.47. The molecule has 3 nitrogen and oxygen atoms in total. The van der Waals surface area contributed by atoms with E-state index in [1.54, 1.807) is 6.07 Å². The van der Waals surface area contributed by atoms with E-state index in [-0.39, 0.29) is 6.61 Å². The average molecular weight is 321 g/mol. The molecule has 0 fully saturated rings. The lowest BCUT2D eigenvalue weighted by atomic mass is 10.1. The van der Waals surface area contributed by atoms with E-state index in [4.69, 9.17) is 29.6 Å². The third-order valence-corrected chi connectivity index (χ3v) is 3.61. The molecule has 0 aliphatic heterocycles. The molecule has 0 aliphatic rings. The van der Waals surface area contributed by atoms with Crippen LogP contribution >= 0.6 is 23.8 Å². The normalized spacial score (nSPS) is 10.4. The van der Waals surface area contributed by atoms with Crippen LogP contribution in [0.1, 0.15) is 11.1 Å². The molecule has 0 bridgehead atoms. The van der Waals surface area contributed by atoms with E-state index >= 15 is 0 Å². The zero-order valence-electron chi connectivity index (χ0n) is 11.5. The van der Waals surface area contributed by atoms with E-state index in [0.29, 0.717) is 23.1 Å². The quantitative estimate of drug-likeness (QED) is 0.803. The summed E-state index contributed by atoms with van der Waals surface area (Å²) in [5.41, 5.74) is 8.53. The van der Waals surface area contributed by atoms with Crippen molar-refractivity contribution in [3.8, 4) is 0 Å². The van der Waals surface area contributed by atoms with Gasteiger partial charge in [-0.25, -0.2) is 0 Å². The van der Waals surface area contributed by atoms with Crippen LogP contribution in [0.5, 0.6) is 0 Å². The predicted octanol–water partition coefficient (Wildman–Crippen LogP) is 2.97. The lowest BCUT2D eigenvalue weighted by Gasteiger charge is -2.26. The molecule has 5 heteroatoms. The van der Waals surface area contributed by atoms with Crippen LogP contribution in [0.15, 0.2) is 48.5 Å². The van der Waals surface area contributed by atoms with Crippen molar-refractivity contribution in [2.45, 2.75) is 6.54 Å². The zero-order valence-corrected chi connectivity index (χ0v) is 13.1. The van der Waals surface area contributed by atoms with E-state index in [2.05, 4.69) is 0 Å². The van der Waals surface area contributed by atoms with Crippen LogP contribution in [0.4, 0.5) is 5.69 Å². The summed E-state index contributed by atoms with van der Waals surface area (Å²) in [6, 6.07) is 15.4. The SMILES string of the molecule is NC(=S)c1ccc(Cl)cc1N(CCO)Cc1ccccc1. The van der Waals surface area contributed by atoms with E-state index in [1.165, 1.54) is 0 Å². The topological polar surface area (TPSA) is 49.5 Å². The Morgan fingerprint density at radius 3 is 2.52 bits per heavy atom. The molecule has 21 heavy (non-hydrogen) atoms. The first-order valence-electron chi connectivity index (χ1n) is 6.61. The Labute approximate surface area is 135 Å². The van der Waals surface area contributed by atoms with Crippen LogP contribution in [0.2, 0.25) is 5.02 Å². The molecular weight excluding hydrogens is 304 g/mol. The van der Waals surface area contributed by atoms with E-state index < -0.39 is 0 Å². The Hall–Kier alpha value is -1.62. The van der Waals surface area contributed by atoms with Crippen LogP contribution in [0.3, 0.4) is 0 Å². The third kappa shape index (κ3) is 4.17. The molecule has 3 N–H and O–H groups in total. The van der Waals surface area contributed by atoms with Crippen molar-refractivity contribution in [3.05, 3.63) is 64.7 Å². The summed E-state index contributed by atoms with van der Waals surface area (Å²) in [5, 5.41) is 9.95. The third-order valence-electron chi connectivity index (χ3n) is 3.15. The first-order valence-corrected chi connectivity index (χ1v) is 7.39. The van der Waals surface area contributed by atoms with Crippen molar-refractivity contribution in [1.82, 2.24) is 0 Å². The van der Waals surface area contributed by atoms with Crippen LogP contribution in [-0.2, 0) is 6.54 Å². The maximum absolute atomic E-state index is 9.34. The summed E-state index contributed by atoms with van der Waals surface area (Å²) >= 11 is 11.2. The van der Waals surface area contributed by atoms with Crippen molar-refractivity contribution in [1.29, 1.82) is 0 Å². The van der Waals surface area contributed by atoms with Gasteiger partial charge in [-0.2, -0.15) is 0 Å². The number of hydrogen-bond donors (Lipinski definition) is 2. The summed E-state index contributed by atoms with van der Waals surface area (Å²) in [6.45, 7) is 1.17. The number of nitrogens with zero attached hydrogens (tertiary/aromatic N) is 1. The van der Waals surface area contributed by atoms with E-state index in [9.17, 15) is 5.11 Å². The Kier molecular flexibility index (Phi) is 5.56. The van der Waals surface area contributed by atoms with Gasteiger partial charge in [0.1, 0.15) is 4.99 Å². The number of thiocarbonyl (C=S) groups is 1. The van der Waals surface area contributed by atoms with Gasteiger partial charge in [0.25, 0.3) is 0 Å². The highest BCUT2D eigenvalue weighted by Gasteiger charge is 2.14. The van der Waals surface area contributed by atoms with Gasteiger partial charge >= 0.3 is 0 Å². The van der Waals surface area contributed by atoms with Gasteiger partial charge in [0.2, 0.25) is 0 Å². The van der Waals surface area contributed by atoms with Crippen LogP contribution in [-0.4, -0.2) is 23.2 Å². The maximum Gasteiger partial charge on any atom is 0.106 e. The molecule has 2 aromatic carbocycles. The first kappa shape index (κ1) is 15.8. The molecule has 2 aromatic rings. The van der Waals surface area contributed by atoms with Gasteiger partial charge in [0.15, 0.2) is 0 Å². The highest BCUT2D eigenvalue weighted by Crippen LogP contribution is 2.26. The second-order valence-corrected chi connectivity index (χ2v) is 5.53. The lowest BCUT2D eigenvalue weighted by molar-refractivity contribution is 0.301. The fourth-order valence-corrected chi connectivity index (χ4v) is 2.52. The molecule has 0 unspecified atom stereocenters. The van der Waals surface area contributed by atoms with Crippen molar-refractivity contribution in [2.75, 3.05) is 18.1 Å². The minimum absolute atomic E-state index is 0.0378. The molecule has 0 saturated heterocycles. The van der Waals surface area contributed by atoms with Crippen molar-refractivity contribution in [2.24, 2.45) is 5.73 Å². The number of aliphatic hydroxyl groups is 1.